The van der Waals surface area contributed by atoms with E-state index in [-0.39, 0.29) is 6.42 Å². The minimum atomic E-state index is -0.906. The second-order valence-corrected chi connectivity index (χ2v) is 5.57. The molecule has 0 radical (unpaired) electrons. The first-order chi connectivity index (χ1) is 12.0. The minimum Gasteiger partial charge on any atom is -0.481 e. The van der Waals surface area contributed by atoms with Crippen molar-refractivity contribution in [3.05, 3.63) is 60.8 Å². The average Bonchev–Trinajstić information content (AvgIpc) is 2.56. The first-order valence-electron chi connectivity index (χ1n) is 8.56. The monoisotopic (exact) mass is 350 g/mol. The molecule has 0 saturated heterocycles. The molecule has 0 rings (SSSR count). The lowest BCUT2D eigenvalue weighted by Crippen LogP contribution is -2.22. The molecule has 5 nitrogen and oxygen atoms in total. The highest BCUT2D eigenvalue weighted by molar-refractivity contribution is 5.66. The van der Waals surface area contributed by atoms with Crippen molar-refractivity contribution in [1.29, 1.82) is 0 Å². The van der Waals surface area contributed by atoms with E-state index < -0.39 is 24.3 Å². The van der Waals surface area contributed by atoms with Crippen LogP contribution in [-0.2, 0) is 4.79 Å². The van der Waals surface area contributed by atoms with Crippen molar-refractivity contribution in [1.82, 2.24) is 0 Å². The molecule has 0 aromatic heterocycles. The lowest BCUT2D eigenvalue weighted by Gasteiger charge is -2.11. The Hall–Kier alpha value is -1.95. The highest BCUT2D eigenvalue weighted by atomic mass is 16.4. The van der Waals surface area contributed by atoms with Gasteiger partial charge in [-0.1, -0.05) is 67.7 Å². The summed E-state index contributed by atoms with van der Waals surface area (Å²) in [6.07, 6.45) is 17.1. The molecule has 4 N–H and O–H groups in total. The van der Waals surface area contributed by atoms with E-state index in [1.165, 1.54) is 6.08 Å². The number of carboxylic acids is 1. The molecule has 3 unspecified atom stereocenters. The van der Waals surface area contributed by atoms with Crippen molar-refractivity contribution in [2.75, 3.05) is 0 Å². The number of carbonyl (C=O) groups is 1. The van der Waals surface area contributed by atoms with Gasteiger partial charge in [-0.15, -0.1) is 0 Å². The summed E-state index contributed by atoms with van der Waals surface area (Å²) in [6, 6.07) is 0. The molecular formula is C20H30O5. The third-order valence-corrected chi connectivity index (χ3v) is 3.26. The van der Waals surface area contributed by atoms with Gasteiger partial charge in [0.25, 0.3) is 0 Å². The molecule has 0 aliphatic rings. The van der Waals surface area contributed by atoms with E-state index in [1.54, 1.807) is 42.5 Å². The summed E-state index contributed by atoms with van der Waals surface area (Å²) in [5.41, 5.74) is 0. The summed E-state index contributed by atoms with van der Waals surface area (Å²) < 4.78 is 0. The topological polar surface area (TPSA) is 98.0 Å². The van der Waals surface area contributed by atoms with Gasteiger partial charge in [-0.25, -0.2) is 0 Å². The van der Waals surface area contributed by atoms with Crippen molar-refractivity contribution in [2.24, 2.45) is 0 Å². The first-order valence-corrected chi connectivity index (χ1v) is 8.56. The third kappa shape index (κ3) is 15.3. The summed E-state index contributed by atoms with van der Waals surface area (Å²) in [7, 11) is 0. The Labute approximate surface area is 150 Å². The van der Waals surface area contributed by atoms with Gasteiger partial charge in [0.05, 0.1) is 18.3 Å². The molecule has 0 aromatic carbocycles. The average molecular weight is 350 g/mol. The van der Waals surface area contributed by atoms with Crippen LogP contribution in [0.2, 0.25) is 0 Å². The fourth-order valence-corrected chi connectivity index (χ4v) is 1.86. The second kappa shape index (κ2) is 15.6. The zero-order chi connectivity index (χ0) is 18.9. The number of carboxylic acid groups (broad SMARTS) is 1. The maximum absolute atomic E-state index is 10.3. The molecule has 3 atom stereocenters. The maximum Gasteiger partial charge on any atom is 0.303 e. The van der Waals surface area contributed by atoms with Gasteiger partial charge < -0.3 is 20.4 Å². The molecule has 0 saturated carbocycles. The molecule has 5 heteroatoms. The van der Waals surface area contributed by atoms with E-state index >= 15 is 0 Å². The van der Waals surface area contributed by atoms with Gasteiger partial charge in [0.15, 0.2) is 0 Å². The SMILES string of the molecule is CCC=CCC(O)C(O)C=CC=CC=C/C=C/C(O)CCCC(=O)O. The van der Waals surface area contributed by atoms with Gasteiger partial charge in [0.2, 0.25) is 0 Å². The van der Waals surface area contributed by atoms with Gasteiger partial charge in [-0.3, -0.25) is 4.79 Å². The summed E-state index contributed by atoms with van der Waals surface area (Å²) >= 11 is 0. The van der Waals surface area contributed by atoms with Gasteiger partial charge in [0, 0.05) is 6.42 Å². The van der Waals surface area contributed by atoms with Crippen LogP contribution in [0.15, 0.2) is 60.8 Å². The summed E-state index contributed by atoms with van der Waals surface area (Å²) in [5.74, 6) is -0.857. The Kier molecular flexibility index (Phi) is 14.4. The Morgan fingerprint density at radius 3 is 2.12 bits per heavy atom. The van der Waals surface area contributed by atoms with Crippen molar-refractivity contribution in [3.8, 4) is 0 Å². The molecule has 0 spiro atoms. The van der Waals surface area contributed by atoms with Crippen molar-refractivity contribution < 1.29 is 25.2 Å². The minimum absolute atomic E-state index is 0.0608. The van der Waals surface area contributed by atoms with Crippen LogP contribution in [0, 0.1) is 0 Å². The van der Waals surface area contributed by atoms with Crippen LogP contribution >= 0.6 is 0 Å². The smallest absolute Gasteiger partial charge is 0.303 e. The summed E-state index contributed by atoms with van der Waals surface area (Å²) in [5, 5.41) is 37.5. The van der Waals surface area contributed by atoms with E-state index in [1.807, 2.05) is 19.1 Å². The highest BCUT2D eigenvalue weighted by Crippen LogP contribution is 2.03. The number of aliphatic carboxylic acids is 1. The third-order valence-electron chi connectivity index (χ3n) is 3.26. The van der Waals surface area contributed by atoms with Crippen LogP contribution in [0.3, 0.4) is 0 Å². The first kappa shape index (κ1) is 23.1. The second-order valence-electron chi connectivity index (χ2n) is 5.57. The van der Waals surface area contributed by atoms with Crippen LogP contribution in [0.1, 0.15) is 39.0 Å². The molecule has 25 heavy (non-hydrogen) atoms. The molecule has 0 amide bonds. The van der Waals surface area contributed by atoms with Crippen molar-refractivity contribution in [3.63, 3.8) is 0 Å². The zero-order valence-electron chi connectivity index (χ0n) is 14.7. The van der Waals surface area contributed by atoms with Crippen LogP contribution in [0.25, 0.3) is 0 Å². The highest BCUT2D eigenvalue weighted by Gasteiger charge is 2.10. The van der Waals surface area contributed by atoms with E-state index in [0.717, 1.165) is 6.42 Å². The Balaban J connectivity index is 4.01. The number of aliphatic hydroxyl groups excluding tert-OH is 3. The van der Waals surface area contributed by atoms with Crippen molar-refractivity contribution >= 4 is 5.97 Å². The van der Waals surface area contributed by atoms with E-state index in [0.29, 0.717) is 19.3 Å². The van der Waals surface area contributed by atoms with Crippen LogP contribution < -0.4 is 0 Å². The quantitative estimate of drug-likeness (QED) is 0.302. The van der Waals surface area contributed by atoms with E-state index in [4.69, 9.17) is 5.11 Å². The summed E-state index contributed by atoms with van der Waals surface area (Å²) in [6.45, 7) is 2.01. The number of allylic oxidation sites excluding steroid dienone is 7. The lowest BCUT2D eigenvalue weighted by atomic mass is 10.1. The lowest BCUT2D eigenvalue weighted by molar-refractivity contribution is -0.137. The molecule has 0 aliphatic heterocycles. The molecule has 0 aromatic rings. The van der Waals surface area contributed by atoms with E-state index in [2.05, 4.69) is 0 Å². The molecular weight excluding hydrogens is 320 g/mol. The van der Waals surface area contributed by atoms with Gasteiger partial charge in [-0.2, -0.15) is 0 Å². The number of rotatable bonds is 13. The predicted molar refractivity (Wildman–Crippen MR) is 100 cm³/mol. The number of aliphatic hydroxyl groups is 3. The van der Waals surface area contributed by atoms with E-state index in [9.17, 15) is 20.1 Å². The zero-order valence-corrected chi connectivity index (χ0v) is 14.7. The fraction of sp³-hybridized carbons (Fsp3) is 0.450. The molecule has 0 heterocycles. The van der Waals surface area contributed by atoms with Gasteiger partial charge in [-0.05, 0) is 25.7 Å². The molecule has 140 valence electrons. The molecule has 0 fully saturated rings. The Morgan fingerprint density at radius 2 is 1.52 bits per heavy atom. The van der Waals surface area contributed by atoms with Gasteiger partial charge in [0.1, 0.15) is 0 Å². The van der Waals surface area contributed by atoms with Crippen LogP contribution in [-0.4, -0.2) is 44.7 Å². The van der Waals surface area contributed by atoms with Crippen LogP contribution in [0.4, 0.5) is 0 Å². The largest absolute Gasteiger partial charge is 0.481 e. The number of hydrogen-bond acceptors (Lipinski definition) is 4. The molecule has 0 bridgehead atoms. The predicted octanol–water partition coefficient (Wildman–Crippen LogP) is 2.91. The number of hydrogen-bond donors (Lipinski definition) is 4. The Bertz CT molecular complexity index is 488. The van der Waals surface area contributed by atoms with Crippen molar-refractivity contribution in [2.45, 2.75) is 57.3 Å². The van der Waals surface area contributed by atoms with Gasteiger partial charge >= 0.3 is 5.97 Å². The standard InChI is InChI=1S/C20H30O5/c1-2-3-8-14-18(22)19(23)15-10-7-5-4-6-9-12-17(21)13-11-16-20(24)25/h3-10,12,15,17-19,21-23H,2,11,13-14,16H2,1H3,(H,24,25)/b6-4?,7-5?,8-3?,12-9+,15-10?. The maximum atomic E-state index is 10.3. The van der Waals surface area contributed by atoms with Crippen LogP contribution in [0.5, 0.6) is 0 Å². The Morgan fingerprint density at radius 1 is 0.920 bits per heavy atom. The normalized spacial score (nSPS) is 16.6. The molecule has 0 aliphatic carbocycles. The summed E-state index contributed by atoms with van der Waals surface area (Å²) in [4.78, 5) is 10.3. The fourth-order valence-electron chi connectivity index (χ4n) is 1.86.